The second-order valence-electron chi connectivity index (χ2n) is 4.72. The van der Waals surface area contributed by atoms with Crippen LogP contribution in [0.1, 0.15) is 18.4 Å². The van der Waals surface area contributed by atoms with Crippen LogP contribution >= 0.6 is 0 Å². The zero-order chi connectivity index (χ0) is 14.6. The summed E-state index contributed by atoms with van der Waals surface area (Å²) >= 11 is 0. The van der Waals surface area contributed by atoms with Crippen molar-refractivity contribution in [3.8, 4) is 5.75 Å². The van der Waals surface area contributed by atoms with E-state index < -0.39 is 6.36 Å². The number of nitrogens with two attached hydrogens (primary N) is 1. The van der Waals surface area contributed by atoms with Crippen LogP contribution in [0.5, 0.6) is 5.75 Å². The number of hydrazine groups is 1. The Kier molecular flexibility index (Phi) is 4.85. The summed E-state index contributed by atoms with van der Waals surface area (Å²) in [5, 5.41) is 0. The van der Waals surface area contributed by atoms with Crippen molar-refractivity contribution in [3.63, 3.8) is 0 Å². The average molecular weight is 290 g/mol. The van der Waals surface area contributed by atoms with Crippen molar-refractivity contribution in [2.75, 3.05) is 6.61 Å². The van der Waals surface area contributed by atoms with Gasteiger partial charge in [0.1, 0.15) is 5.75 Å². The van der Waals surface area contributed by atoms with E-state index >= 15 is 0 Å². The molecular weight excluding hydrogens is 273 g/mol. The summed E-state index contributed by atoms with van der Waals surface area (Å²) in [6, 6.07) is 5.74. The zero-order valence-corrected chi connectivity index (χ0v) is 10.8. The molecule has 7 heteroatoms. The van der Waals surface area contributed by atoms with Gasteiger partial charge in [0, 0.05) is 6.61 Å². The average Bonchev–Trinajstić information content (AvgIpc) is 2.90. The Balaban J connectivity index is 1.95. The molecule has 20 heavy (non-hydrogen) atoms. The van der Waals surface area contributed by atoms with E-state index in [1.807, 2.05) is 0 Å². The van der Waals surface area contributed by atoms with Gasteiger partial charge in [0.25, 0.3) is 0 Å². The lowest BCUT2D eigenvalue weighted by molar-refractivity contribution is -0.274. The second kappa shape index (κ2) is 6.43. The Bertz CT molecular complexity index is 417. The van der Waals surface area contributed by atoms with Crippen LogP contribution in [0.3, 0.4) is 0 Å². The smallest absolute Gasteiger partial charge is 0.406 e. The van der Waals surface area contributed by atoms with Gasteiger partial charge in [0.15, 0.2) is 0 Å². The van der Waals surface area contributed by atoms with Crippen molar-refractivity contribution in [2.24, 2.45) is 5.84 Å². The second-order valence-corrected chi connectivity index (χ2v) is 4.72. The maximum absolute atomic E-state index is 12.0. The zero-order valence-electron chi connectivity index (χ0n) is 10.8. The number of hydrogen-bond acceptors (Lipinski definition) is 4. The van der Waals surface area contributed by atoms with E-state index in [2.05, 4.69) is 10.2 Å². The molecule has 0 aliphatic carbocycles. The Morgan fingerprint density at radius 2 is 2.05 bits per heavy atom. The van der Waals surface area contributed by atoms with Gasteiger partial charge in [-0.2, -0.15) is 0 Å². The minimum atomic E-state index is -4.67. The minimum Gasteiger partial charge on any atom is -0.406 e. The first kappa shape index (κ1) is 15.1. The lowest BCUT2D eigenvalue weighted by Crippen LogP contribution is -2.45. The van der Waals surface area contributed by atoms with Crippen LogP contribution in [-0.2, 0) is 11.2 Å². The third kappa shape index (κ3) is 4.36. The first-order valence-electron chi connectivity index (χ1n) is 6.40. The Morgan fingerprint density at radius 1 is 1.35 bits per heavy atom. The third-order valence-electron chi connectivity index (χ3n) is 3.24. The molecule has 1 aromatic carbocycles. The number of hydrogen-bond donors (Lipinski definition) is 2. The molecule has 2 unspecified atom stereocenters. The molecule has 2 atom stereocenters. The van der Waals surface area contributed by atoms with Crippen LogP contribution in [0.25, 0.3) is 0 Å². The molecule has 1 aliphatic rings. The Morgan fingerprint density at radius 3 is 2.55 bits per heavy atom. The highest BCUT2D eigenvalue weighted by atomic mass is 19.4. The van der Waals surface area contributed by atoms with E-state index in [1.54, 1.807) is 12.1 Å². The number of ether oxygens (including phenoxy) is 2. The summed E-state index contributed by atoms with van der Waals surface area (Å²) in [5.74, 6) is 5.28. The molecule has 3 N–H and O–H groups in total. The molecule has 1 aromatic rings. The molecule has 0 spiro atoms. The van der Waals surface area contributed by atoms with E-state index in [9.17, 15) is 13.2 Å². The molecule has 1 aliphatic heterocycles. The van der Waals surface area contributed by atoms with Crippen molar-refractivity contribution < 1.29 is 22.6 Å². The lowest BCUT2D eigenvalue weighted by atomic mass is 10.00. The van der Waals surface area contributed by atoms with Crippen molar-refractivity contribution in [1.82, 2.24) is 5.43 Å². The summed E-state index contributed by atoms with van der Waals surface area (Å²) in [6.45, 7) is 0.723. The summed E-state index contributed by atoms with van der Waals surface area (Å²) in [6.07, 6.45) is -2.09. The summed E-state index contributed by atoms with van der Waals surface area (Å²) in [5.41, 5.74) is 3.58. The predicted octanol–water partition coefficient (Wildman–Crippen LogP) is 2.14. The number of benzene rings is 1. The van der Waals surface area contributed by atoms with Gasteiger partial charge in [0.2, 0.25) is 0 Å². The fourth-order valence-corrected chi connectivity index (χ4v) is 2.30. The predicted molar refractivity (Wildman–Crippen MR) is 66.9 cm³/mol. The quantitative estimate of drug-likeness (QED) is 0.644. The van der Waals surface area contributed by atoms with Gasteiger partial charge in [-0.25, -0.2) is 0 Å². The van der Waals surface area contributed by atoms with Crippen molar-refractivity contribution in [2.45, 2.75) is 37.8 Å². The fourth-order valence-electron chi connectivity index (χ4n) is 2.30. The van der Waals surface area contributed by atoms with Crippen molar-refractivity contribution >= 4 is 0 Å². The highest BCUT2D eigenvalue weighted by molar-refractivity contribution is 5.28. The molecule has 1 fully saturated rings. The first-order chi connectivity index (χ1) is 9.48. The molecule has 112 valence electrons. The topological polar surface area (TPSA) is 56.5 Å². The van der Waals surface area contributed by atoms with Gasteiger partial charge in [0.05, 0.1) is 12.1 Å². The van der Waals surface area contributed by atoms with Gasteiger partial charge in [-0.3, -0.25) is 11.3 Å². The molecule has 2 rings (SSSR count). The van der Waals surface area contributed by atoms with E-state index in [0.29, 0.717) is 6.42 Å². The maximum Gasteiger partial charge on any atom is 0.573 e. The molecule has 0 radical (unpaired) electrons. The third-order valence-corrected chi connectivity index (χ3v) is 3.24. The van der Waals surface area contributed by atoms with Gasteiger partial charge in [-0.15, -0.1) is 13.2 Å². The molecular formula is C13H17F3N2O2. The van der Waals surface area contributed by atoms with E-state index in [4.69, 9.17) is 10.6 Å². The standard InChI is InChI=1S/C13H17F3N2O2/c14-13(15,16)20-10-5-3-9(4-6-10)8-11(18-17)12-2-1-7-19-12/h3-6,11-12,18H,1-2,7-8,17H2. The van der Waals surface area contributed by atoms with Gasteiger partial charge in [-0.1, -0.05) is 12.1 Å². The first-order valence-corrected chi connectivity index (χ1v) is 6.40. The molecule has 0 bridgehead atoms. The van der Waals surface area contributed by atoms with E-state index in [1.165, 1.54) is 12.1 Å². The van der Waals surface area contributed by atoms with Crippen molar-refractivity contribution in [1.29, 1.82) is 0 Å². The van der Waals surface area contributed by atoms with Gasteiger partial charge >= 0.3 is 6.36 Å². The largest absolute Gasteiger partial charge is 0.573 e. The Hall–Kier alpha value is -1.31. The highest BCUT2D eigenvalue weighted by Gasteiger charge is 2.31. The number of rotatable bonds is 5. The normalized spacial score (nSPS) is 20.9. The minimum absolute atomic E-state index is 0.0473. The van der Waals surface area contributed by atoms with E-state index in [0.717, 1.165) is 25.0 Å². The highest BCUT2D eigenvalue weighted by Crippen LogP contribution is 2.24. The number of alkyl halides is 3. The van der Waals surface area contributed by atoms with E-state index in [-0.39, 0.29) is 17.9 Å². The number of nitrogens with one attached hydrogen (secondary N) is 1. The van der Waals surface area contributed by atoms with Crippen LogP contribution in [0.15, 0.2) is 24.3 Å². The summed E-state index contributed by atoms with van der Waals surface area (Å²) in [7, 11) is 0. The maximum atomic E-state index is 12.0. The number of halogens is 3. The van der Waals surface area contributed by atoms with Gasteiger partial charge < -0.3 is 9.47 Å². The molecule has 0 aromatic heterocycles. The molecule has 4 nitrogen and oxygen atoms in total. The Labute approximate surface area is 115 Å². The van der Waals surface area contributed by atoms with Crippen LogP contribution in [-0.4, -0.2) is 25.1 Å². The molecule has 0 amide bonds. The molecule has 0 saturated carbocycles. The lowest BCUT2D eigenvalue weighted by Gasteiger charge is -2.22. The summed E-state index contributed by atoms with van der Waals surface area (Å²) in [4.78, 5) is 0. The molecule has 1 saturated heterocycles. The van der Waals surface area contributed by atoms with Crippen LogP contribution < -0.4 is 16.0 Å². The monoisotopic (exact) mass is 290 g/mol. The fraction of sp³-hybridized carbons (Fsp3) is 0.538. The SMILES string of the molecule is NNC(Cc1ccc(OC(F)(F)F)cc1)C1CCCO1. The van der Waals surface area contributed by atoms with Crippen LogP contribution in [0, 0.1) is 0 Å². The van der Waals surface area contributed by atoms with Crippen molar-refractivity contribution in [3.05, 3.63) is 29.8 Å². The van der Waals surface area contributed by atoms with Gasteiger partial charge in [-0.05, 0) is 37.0 Å². The van der Waals surface area contributed by atoms with Crippen LogP contribution in [0.4, 0.5) is 13.2 Å². The van der Waals surface area contributed by atoms with Crippen LogP contribution in [0.2, 0.25) is 0 Å². The summed E-state index contributed by atoms with van der Waals surface area (Å²) < 4.78 is 45.5. The molecule has 1 heterocycles.